The van der Waals surface area contributed by atoms with Crippen LogP contribution >= 0.6 is 0 Å². The minimum Gasteiger partial charge on any atom is -0.394 e. The molecule has 0 bridgehead atoms. The van der Waals surface area contributed by atoms with E-state index in [1.165, 1.54) is 89.9 Å². The van der Waals surface area contributed by atoms with Crippen LogP contribution in [0.2, 0.25) is 0 Å². The fraction of sp³-hybridized carbons (Fsp3) is 0.790. The second-order valence-electron chi connectivity index (χ2n) is 21.8. The van der Waals surface area contributed by atoms with Gasteiger partial charge in [-0.1, -0.05) is 189 Å². The smallest absolute Gasteiger partial charge is 0.220 e. The van der Waals surface area contributed by atoms with E-state index in [2.05, 4.69) is 73.0 Å². The van der Waals surface area contributed by atoms with Crippen LogP contribution < -0.4 is 5.32 Å². The van der Waals surface area contributed by atoms with Crippen LogP contribution in [0.1, 0.15) is 181 Å². The Morgan fingerprint density at radius 3 is 1.31 bits per heavy atom. The number of allylic oxidation sites excluding steroid dienone is 11. The zero-order chi connectivity index (χ0) is 59.0. The van der Waals surface area contributed by atoms with Crippen LogP contribution in [-0.4, -0.2) is 193 Å². The first-order chi connectivity index (χ1) is 39.3. The third-order valence-electron chi connectivity index (χ3n) is 15.0. The highest BCUT2D eigenvalue weighted by atomic mass is 16.8. The van der Waals surface area contributed by atoms with Crippen molar-refractivity contribution in [2.24, 2.45) is 0 Å². The molecule has 0 saturated carbocycles. The average Bonchev–Trinajstić information content (AvgIpc) is 3.55. The van der Waals surface area contributed by atoms with Gasteiger partial charge in [-0.25, -0.2) is 0 Å². The van der Waals surface area contributed by atoms with Crippen molar-refractivity contribution in [3.8, 4) is 0 Å². The molecule has 3 aliphatic rings. The van der Waals surface area contributed by atoms with Crippen LogP contribution in [0.5, 0.6) is 0 Å². The van der Waals surface area contributed by atoms with Crippen LogP contribution in [0.4, 0.5) is 0 Å². The molecule has 3 fully saturated rings. The molecule has 0 aromatic rings. The molecule has 3 saturated heterocycles. The molecule has 12 N–H and O–H groups in total. The third kappa shape index (κ3) is 28.3. The Hall–Kier alpha value is -2.77. The van der Waals surface area contributed by atoms with Gasteiger partial charge in [0.15, 0.2) is 18.9 Å². The SMILES string of the molecule is CC/C=C\C/C=C\C/C=C\C/C=C\C/C=C\CCCCCCCCCCCCCCCCCCCC(=O)NC(COC1OC(CO)C(OC2OC(CO)C(OC3OC(CO)C(O)C(O)C3O)C(O)C2O)C(O)C1O)C(O)/C=C/CCC. The highest BCUT2D eigenvalue weighted by Crippen LogP contribution is 2.33. The number of ether oxygens (including phenoxy) is 6. The van der Waals surface area contributed by atoms with Crippen molar-refractivity contribution in [1.82, 2.24) is 5.32 Å². The molecule has 0 aliphatic carbocycles. The zero-order valence-corrected chi connectivity index (χ0v) is 48.7. The first kappa shape index (κ1) is 72.5. The number of hydrogen-bond acceptors (Lipinski definition) is 18. The lowest BCUT2D eigenvalue weighted by molar-refractivity contribution is -0.379. The molecule has 3 rings (SSSR count). The van der Waals surface area contributed by atoms with Crippen LogP contribution in [0, 0.1) is 0 Å². The Bertz CT molecular complexity index is 1760. The lowest BCUT2D eigenvalue weighted by atomic mass is 9.96. The van der Waals surface area contributed by atoms with Crippen LogP contribution in [0.25, 0.3) is 0 Å². The van der Waals surface area contributed by atoms with E-state index in [1.807, 2.05) is 6.92 Å². The van der Waals surface area contributed by atoms with Crippen LogP contribution in [-0.2, 0) is 33.2 Å². The molecule has 0 aromatic heterocycles. The summed E-state index contributed by atoms with van der Waals surface area (Å²) in [5.41, 5.74) is 0. The van der Waals surface area contributed by atoms with E-state index in [4.69, 9.17) is 28.4 Å². The molecule has 19 nitrogen and oxygen atoms in total. The summed E-state index contributed by atoms with van der Waals surface area (Å²) in [7, 11) is 0. The van der Waals surface area contributed by atoms with Gasteiger partial charge >= 0.3 is 0 Å². The van der Waals surface area contributed by atoms with Crippen molar-refractivity contribution in [2.45, 2.75) is 285 Å². The molecule has 17 atom stereocenters. The molecular formula is C62H107NO18. The van der Waals surface area contributed by atoms with Gasteiger partial charge in [0.2, 0.25) is 5.91 Å². The van der Waals surface area contributed by atoms with E-state index in [-0.39, 0.29) is 18.9 Å². The topological polar surface area (TPSA) is 307 Å². The van der Waals surface area contributed by atoms with Gasteiger partial charge in [-0.05, 0) is 57.8 Å². The molecule has 0 aromatic carbocycles. The van der Waals surface area contributed by atoms with Gasteiger partial charge in [0, 0.05) is 6.42 Å². The number of hydrogen-bond donors (Lipinski definition) is 12. The summed E-state index contributed by atoms with van der Waals surface area (Å²) in [5, 5.41) is 119. The van der Waals surface area contributed by atoms with Gasteiger partial charge in [-0.2, -0.15) is 0 Å². The second kappa shape index (κ2) is 44.7. The molecule has 1 amide bonds. The summed E-state index contributed by atoms with van der Waals surface area (Å²) in [6, 6.07) is -0.970. The van der Waals surface area contributed by atoms with E-state index in [9.17, 15) is 61.0 Å². The number of nitrogens with one attached hydrogen (secondary N) is 1. The molecule has 19 heteroatoms. The lowest BCUT2D eigenvalue weighted by Gasteiger charge is -2.48. The van der Waals surface area contributed by atoms with Crippen LogP contribution in [0.3, 0.4) is 0 Å². The summed E-state index contributed by atoms with van der Waals surface area (Å²) in [5.74, 6) is -0.290. The number of aliphatic hydroxyl groups excluding tert-OH is 11. The minimum absolute atomic E-state index is 0.238. The molecular weight excluding hydrogens is 1050 g/mol. The Morgan fingerprint density at radius 2 is 0.852 bits per heavy atom. The predicted molar refractivity (Wildman–Crippen MR) is 309 cm³/mol. The van der Waals surface area contributed by atoms with Crippen LogP contribution in [0.15, 0.2) is 72.9 Å². The quantitative estimate of drug-likeness (QED) is 0.0253. The molecule has 0 spiro atoms. The fourth-order valence-electron chi connectivity index (χ4n) is 9.99. The minimum atomic E-state index is -1.98. The standard InChI is InChI=1S/C62H107NO18/c1-3-5-7-8-9-10-11-12-13-14-15-16-17-18-19-20-21-22-23-24-25-26-27-28-29-30-31-32-33-34-35-36-38-40-50(68)63-45(46(67)39-37-6-4-2)44-76-60-56(74)53(71)58(48(42-65)78-60)81-62-57(75)54(72)59(49(43-66)79-62)80-61-55(73)52(70)51(69)47(41-64)77-61/h5,7,9-10,12-13,15-16,18-19,37,39,45-49,51-62,64-67,69-75H,3-4,6,8,11,14,17,20-36,38,40-44H2,1-2H3,(H,63,68)/b7-5-,10-9-,13-12-,16-15-,19-18-,39-37+. The molecule has 3 heterocycles. The summed E-state index contributed by atoms with van der Waals surface area (Å²) in [6.45, 7) is 1.35. The summed E-state index contributed by atoms with van der Waals surface area (Å²) >= 11 is 0. The Kier molecular flexibility index (Phi) is 40.0. The molecule has 81 heavy (non-hydrogen) atoms. The van der Waals surface area contributed by atoms with Gasteiger partial charge in [-0.3, -0.25) is 4.79 Å². The van der Waals surface area contributed by atoms with Crippen molar-refractivity contribution in [1.29, 1.82) is 0 Å². The Labute approximate surface area is 483 Å². The van der Waals surface area contributed by atoms with E-state index in [1.54, 1.807) is 12.2 Å². The van der Waals surface area contributed by atoms with E-state index in [0.717, 1.165) is 57.8 Å². The first-order valence-corrected chi connectivity index (χ1v) is 30.7. The number of rotatable bonds is 44. The van der Waals surface area contributed by atoms with Gasteiger partial charge in [0.1, 0.15) is 73.2 Å². The van der Waals surface area contributed by atoms with Gasteiger partial charge < -0.3 is 89.9 Å². The fourth-order valence-corrected chi connectivity index (χ4v) is 9.99. The van der Waals surface area contributed by atoms with Gasteiger partial charge in [0.05, 0.1) is 38.6 Å². The number of unbranched alkanes of at least 4 members (excludes halogenated alkanes) is 18. The highest BCUT2D eigenvalue weighted by molar-refractivity contribution is 5.76. The van der Waals surface area contributed by atoms with Crippen molar-refractivity contribution in [3.63, 3.8) is 0 Å². The zero-order valence-electron chi connectivity index (χ0n) is 48.7. The Balaban J connectivity index is 1.26. The second-order valence-corrected chi connectivity index (χ2v) is 21.8. The third-order valence-corrected chi connectivity index (χ3v) is 15.0. The van der Waals surface area contributed by atoms with Crippen molar-refractivity contribution >= 4 is 5.91 Å². The maximum Gasteiger partial charge on any atom is 0.220 e. The molecule has 17 unspecified atom stereocenters. The summed E-state index contributed by atoms with van der Waals surface area (Å²) in [6.07, 6.45) is 27.6. The van der Waals surface area contributed by atoms with E-state index in [0.29, 0.717) is 12.8 Å². The molecule has 3 aliphatic heterocycles. The predicted octanol–water partition coefficient (Wildman–Crippen LogP) is 5.82. The number of aliphatic hydroxyl groups is 11. The lowest BCUT2D eigenvalue weighted by Crippen LogP contribution is -2.66. The average molecular weight is 1150 g/mol. The normalized spacial score (nSPS) is 30.3. The van der Waals surface area contributed by atoms with E-state index >= 15 is 0 Å². The molecule has 468 valence electrons. The van der Waals surface area contributed by atoms with Crippen molar-refractivity contribution in [3.05, 3.63) is 72.9 Å². The van der Waals surface area contributed by atoms with Gasteiger partial charge in [-0.15, -0.1) is 0 Å². The van der Waals surface area contributed by atoms with E-state index < -0.39 is 124 Å². The largest absolute Gasteiger partial charge is 0.394 e. The monoisotopic (exact) mass is 1150 g/mol. The molecule has 0 radical (unpaired) electrons. The maximum absolute atomic E-state index is 13.1. The maximum atomic E-state index is 13.1. The first-order valence-electron chi connectivity index (χ1n) is 30.7. The van der Waals surface area contributed by atoms with Crippen molar-refractivity contribution in [2.75, 3.05) is 26.4 Å². The summed E-state index contributed by atoms with van der Waals surface area (Å²) in [4.78, 5) is 13.1. The van der Waals surface area contributed by atoms with Crippen molar-refractivity contribution < 1.29 is 89.4 Å². The number of amides is 1. The highest BCUT2D eigenvalue weighted by Gasteiger charge is 2.53. The number of carbonyl (C=O) groups excluding carboxylic acids is 1. The number of carbonyl (C=O) groups is 1. The summed E-state index contributed by atoms with van der Waals surface area (Å²) < 4.78 is 34.0. The Morgan fingerprint density at radius 1 is 0.457 bits per heavy atom. The van der Waals surface area contributed by atoms with Gasteiger partial charge in [0.25, 0.3) is 0 Å².